The molecule has 15 heavy (non-hydrogen) atoms. The van der Waals surface area contributed by atoms with Crippen molar-refractivity contribution in [1.82, 2.24) is 0 Å². The molecule has 0 saturated carbocycles. The normalized spacial score (nSPS) is 9.87. The van der Waals surface area contributed by atoms with Crippen LogP contribution in [0.5, 0.6) is 0 Å². The van der Waals surface area contributed by atoms with Crippen molar-refractivity contribution in [3.05, 3.63) is 66.7 Å². The summed E-state index contributed by atoms with van der Waals surface area (Å²) in [5.41, 5.74) is 2.81. The Labute approximate surface area is 89.3 Å². The maximum Gasteiger partial charge on any atom is -0.0178 e. The van der Waals surface area contributed by atoms with Gasteiger partial charge in [-0.05, 0) is 22.8 Å². The lowest BCUT2D eigenvalue weighted by Crippen LogP contribution is -1.99. The van der Waals surface area contributed by atoms with E-state index < -0.39 is 0 Å². The zero-order valence-electron chi connectivity index (χ0n) is 8.31. The van der Waals surface area contributed by atoms with E-state index in [2.05, 4.69) is 6.58 Å². The summed E-state index contributed by atoms with van der Waals surface area (Å²) in [6.07, 6.45) is 0. The molecule has 0 spiro atoms. The Bertz CT molecular complexity index is 472. The van der Waals surface area contributed by atoms with Gasteiger partial charge in [0.15, 0.2) is 0 Å². The molecule has 1 nitrogen and oxygen atoms in total. The summed E-state index contributed by atoms with van der Waals surface area (Å²) in [4.78, 5) is 0. The monoisotopic (exact) mass is 195 g/mol. The third-order valence-electron chi connectivity index (χ3n) is 2.29. The van der Waals surface area contributed by atoms with E-state index in [-0.39, 0.29) is 5.76 Å². The van der Waals surface area contributed by atoms with E-state index >= 15 is 0 Å². The molecule has 0 fully saturated rings. The SMILES string of the molecule is C=C([O-])c1cccc(-c2ccccc2)c1. The molecule has 0 aliphatic rings. The molecule has 0 unspecified atom stereocenters. The van der Waals surface area contributed by atoms with Gasteiger partial charge in [-0.1, -0.05) is 48.5 Å². The third-order valence-corrected chi connectivity index (χ3v) is 2.29. The molecule has 1 heteroatoms. The first-order chi connectivity index (χ1) is 7.27. The van der Waals surface area contributed by atoms with Crippen LogP contribution < -0.4 is 5.11 Å². The summed E-state index contributed by atoms with van der Waals surface area (Å²) >= 11 is 0. The molecule has 2 aromatic carbocycles. The minimum absolute atomic E-state index is 0.146. The van der Waals surface area contributed by atoms with Crippen LogP contribution in [0, 0.1) is 0 Å². The lowest BCUT2D eigenvalue weighted by Gasteiger charge is -2.11. The van der Waals surface area contributed by atoms with Crippen molar-refractivity contribution in [2.75, 3.05) is 0 Å². The van der Waals surface area contributed by atoms with E-state index in [0.29, 0.717) is 5.56 Å². The van der Waals surface area contributed by atoms with Crippen LogP contribution in [-0.4, -0.2) is 0 Å². The highest BCUT2D eigenvalue weighted by Gasteiger charge is 1.96. The second-order valence-electron chi connectivity index (χ2n) is 3.37. The minimum Gasteiger partial charge on any atom is -0.872 e. The molecular formula is C14H11O-. The van der Waals surface area contributed by atoms with E-state index in [4.69, 9.17) is 0 Å². The molecular weight excluding hydrogens is 184 g/mol. The first-order valence-corrected chi connectivity index (χ1v) is 4.79. The van der Waals surface area contributed by atoms with Gasteiger partial charge in [0.25, 0.3) is 0 Å². The van der Waals surface area contributed by atoms with E-state index in [0.717, 1.165) is 11.1 Å². The lowest BCUT2D eigenvalue weighted by atomic mass is 10.0. The van der Waals surface area contributed by atoms with Crippen LogP contribution in [0.25, 0.3) is 16.9 Å². The predicted octanol–water partition coefficient (Wildman–Crippen LogP) is 2.68. The van der Waals surface area contributed by atoms with Gasteiger partial charge in [0.2, 0.25) is 0 Å². The van der Waals surface area contributed by atoms with Gasteiger partial charge in [-0.3, -0.25) is 0 Å². The van der Waals surface area contributed by atoms with E-state index in [1.807, 2.05) is 48.5 Å². The van der Waals surface area contributed by atoms with Gasteiger partial charge in [-0.15, -0.1) is 12.3 Å². The second kappa shape index (κ2) is 4.01. The Hall–Kier alpha value is -2.02. The number of benzene rings is 2. The molecule has 2 rings (SSSR count). The van der Waals surface area contributed by atoms with Crippen LogP contribution in [0.2, 0.25) is 0 Å². The molecule has 0 heterocycles. The molecule has 74 valence electrons. The van der Waals surface area contributed by atoms with Gasteiger partial charge in [-0.25, -0.2) is 0 Å². The first kappa shape index (κ1) is 9.53. The molecule has 0 N–H and O–H groups in total. The molecule has 0 aliphatic carbocycles. The zero-order valence-corrected chi connectivity index (χ0v) is 8.31. The van der Waals surface area contributed by atoms with Crippen LogP contribution in [-0.2, 0) is 0 Å². The first-order valence-electron chi connectivity index (χ1n) is 4.79. The maximum absolute atomic E-state index is 11.1. The van der Waals surface area contributed by atoms with Crippen LogP contribution in [0.15, 0.2) is 61.2 Å². The summed E-state index contributed by atoms with van der Waals surface area (Å²) in [6, 6.07) is 17.5. The third kappa shape index (κ3) is 2.08. The van der Waals surface area contributed by atoms with E-state index in [1.165, 1.54) is 0 Å². The molecule has 0 radical (unpaired) electrons. The fourth-order valence-corrected chi connectivity index (χ4v) is 1.50. The van der Waals surface area contributed by atoms with Gasteiger partial charge < -0.3 is 5.11 Å². The zero-order chi connectivity index (χ0) is 10.7. The Morgan fingerprint density at radius 1 is 0.867 bits per heavy atom. The van der Waals surface area contributed by atoms with Crippen LogP contribution in [0.1, 0.15) is 5.56 Å². The van der Waals surface area contributed by atoms with Crippen LogP contribution >= 0.6 is 0 Å². The summed E-state index contributed by atoms with van der Waals surface area (Å²) < 4.78 is 0. The van der Waals surface area contributed by atoms with Crippen LogP contribution in [0.4, 0.5) is 0 Å². The summed E-state index contributed by atoms with van der Waals surface area (Å²) in [5, 5.41) is 11.1. The largest absolute Gasteiger partial charge is 0.872 e. The summed E-state index contributed by atoms with van der Waals surface area (Å²) in [6.45, 7) is 3.40. The Balaban J connectivity index is 2.46. The molecule has 2 aromatic rings. The van der Waals surface area contributed by atoms with Crippen molar-refractivity contribution in [2.24, 2.45) is 0 Å². The Kier molecular flexibility index (Phi) is 2.55. The fourth-order valence-electron chi connectivity index (χ4n) is 1.50. The highest BCUT2D eigenvalue weighted by molar-refractivity contribution is 5.68. The standard InChI is InChI=1S/C14H12O/c1-11(15)13-8-5-9-14(10-13)12-6-3-2-4-7-12/h2-10,15H,1H2/p-1. The molecule has 0 aliphatic heterocycles. The second-order valence-corrected chi connectivity index (χ2v) is 3.37. The van der Waals surface area contributed by atoms with Gasteiger partial charge >= 0.3 is 0 Å². The molecule has 0 aromatic heterocycles. The van der Waals surface area contributed by atoms with Crippen molar-refractivity contribution in [1.29, 1.82) is 0 Å². The summed E-state index contributed by atoms with van der Waals surface area (Å²) in [5.74, 6) is -0.146. The average molecular weight is 195 g/mol. The Morgan fingerprint density at radius 2 is 1.53 bits per heavy atom. The average Bonchev–Trinajstić information content (AvgIpc) is 2.30. The van der Waals surface area contributed by atoms with Crippen molar-refractivity contribution in [3.8, 4) is 11.1 Å². The highest BCUT2D eigenvalue weighted by Crippen LogP contribution is 2.21. The van der Waals surface area contributed by atoms with Crippen molar-refractivity contribution < 1.29 is 5.11 Å². The predicted molar refractivity (Wildman–Crippen MR) is 60.9 cm³/mol. The fraction of sp³-hybridized carbons (Fsp3) is 0. The summed E-state index contributed by atoms with van der Waals surface area (Å²) in [7, 11) is 0. The van der Waals surface area contributed by atoms with Gasteiger partial charge in [0.1, 0.15) is 0 Å². The van der Waals surface area contributed by atoms with E-state index in [1.54, 1.807) is 6.07 Å². The van der Waals surface area contributed by atoms with Crippen molar-refractivity contribution >= 4 is 5.76 Å². The molecule has 0 bridgehead atoms. The topological polar surface area (TPSA) is 23.1 Å². The van der Waals surface area contributed by atoms with E-state index in [9.17, 15) is 5.11 Å². The number of rotatable bonds is 2. The molecule has 0 amide bonds. The highest BCUT2D eigenvalue weighted by atomic mass is 16.3. The molecule has 0 saturated heterocycles. The quantitative estimate of drug-likeness (QED) is 0.675. The van der Waals surface area contributed by atoms with Gasteiger partial charge in [-0.2, -0.15) is 0 Å². The van der Waals surface area contributed by atoms with Gasteiger partial charge in [0, 0.05) is 0 Å². The maximum atomic E-state index is 11.1. The molecule has 0 atom stereocenters. The number of hydrogen-bond donors (Lipinski definition) is 0. The minimum atomic E-state index is -0.146. The Morgan fingerprint density at radius 3 is 2.20 bits per heavy atom. The van der Waals surface area contributed by atoms with Crippen molar-refractivity contribution in [3.63, 3.8) is 0 Å². The van der Waals surface area contributed by atoms with Gasteiger partial charge in [0.05, 0.1) is 0 Å². The number of hydrogen-bond acceptors (Lipinski definition) is 1. The van der Waals surface area contributed by atoms with Crippen LogP contribution in [0.3, 0.4) is 0 Å². The smallest absolute Gasteiger partial charge is 0.0178 e. The lowest BCUT2D eigenvalue weighted by molar-refractivity contribution is -0.243. The van der Waals surface area contributed by atoms with Crippen molar-refractivity contribution in [2.45, 2.75) is 0 Å².